The van der Waals surface area contributed by atoms with Crippen LogP contribution in [-0.2, 0) is 0 Å². The van der Waals surface area contributed by atoms with Crippen molar-refractivity contribution in [3.05, 3.63) is 449 Å². The zero-order valence-corrected chi connectivity index (χ0v) is 68.2. The van der Waals surface area contributed by atoms with Crippen LogP contribution in [-0.4, -0.2) is 9.13 Å². The van der Waals surface area contributed by atoms with E-state index in [4.69, 9.17) is 0 Å². The zero-order chi connectivity index (χ0) is 79.9. The van der Waals surface area contributed by atoms with Crippen molar-refractivity contribution in [1.29, 1.82) is 0 Å². The van der Waals surface area contributed by atoms with E-state index in [0.717, 1.165) is 39.8 Å². The van der Waals surface area contributed by atoms with Gasteiger partial charge in [0.2, 0.25) is 0 Å². The van der Waals surface area contributed by atoms with Crippen molar-refractivity contribution >= 4 is 172 Å². The average Bonchev–Trinajstić information content (AvgIpc) is 1.54. The van der Waals surface area contributed by atoms with Crippen LogP contribution in [0.5, 0.6) is 0 Å². The average molecular weight is 1600 g/mol. The highest BCUT2D eigenvalue weighted by molar-refractivity contribution is 7.27. The minimum atomic E-state index is 1.10. The van der Waals surface area contributed by atoms with Gasteiger partial charge in [0.1, 0.15) is 0 Å². The molecule has 0 N–H and O–H groups in total. The van der Waals surface area contributed by atoms with Crippen molar-refractivity contribution in [2.45, 2.75) is 0 Å². The molecular weight excluding hydrogens is 1520 g/mol. The first-order valence-electron chi connectivity index (χ1n) is 41.2. The Bertz CT molecular complexity index is 7910. The first-order chi connectivity index (χ1) is 60.0. The lowest BCUT2D eigenvalue weighted by atomic mass is 9.98. The standard InChI is InChI=1S/C60H40N2S.C54H34N2S2/c1-4-14-41(15-5-1)44-24-32-48(33-25-44)61(49-34-26-45(27-35-49)42-16-6-2-7-17-42)50-38-30-47(31-39-50)54-40-55-52-20-10-12-22-56(52)62(51-36-28-46(29-37-51)43-18-8-3-9-19-43)59(55)58-53-21-11-13-23-57(53)63-60(54)58;1-3-13-35(14-4-1)36-23-27-39(28-24-36)55(41-31-32-51-46(33-41)43-18-8-11-21-49(43)57-51)40-29-25-37(26-30-40)45-34-47-42-17-7-10-20-48(42)56(38-15-5-2-6-16-38)53(47)52-44-19-9-12-22-50(44)58-54(45)52/h1-40H;1-34H. The first-order valence-corrected chi connectivity index (χ1v) is 43.6. The zero-order valence-electron chi connectivity index (χ0n) is 65.7. The third kappa shape index (κ3) is 12.6. The van der Waals surface area contributed by atoms with E-state index in [1.54, 1.807) is 0 Å². The second-order valence-corrected chi connectivity index (χ2v) is 34.2. The van der Waals surface area contributed by atoms with E-state index in [-0.39, 0.29) is 0 Å². The molecule has 0 unspecified atom stereocenters. The summed E-state index contributed by atoms with van der Waals surface area (Å²) in [4.78, 5) is 4.76. The van der Waals surface area contributed by atoms with E-state index in [2.05, 4.69) is 468 Å². The summed E-state index contributed by atoms with van der Waals surface area (Å²) in [6.45, 7) is 0. The minimum absolute atomic E-state index is 1.10. The maximum absolute atomic E-state index is 2.48. The molecule has 0 aliphatic carbocycles. The summed E-state index contributed by atoms with van der Waals surface area (Å²) < 4.78 is 12.8. The van der Waals surface area contributed by atoms with E-state index in [1.807, 2.05) is 34.0 Å². The van der Waals surface area contributed by atoms with Gasteiger partial charge in [-0.1, -0.05) is 303 Å². The number of benzene rings is 19. The normalized spacial score (nSPS) is 11.6. The highest BCUT2D eigenvalue weighted by Crippen LogP contribution is 2.52. The summed E-state index contributed by atoms with van der Waals surface area (Å²) in [5.74, 6) is 0. The Morgan fingerprint density at radius 1 is 0.174 bits per heavy atom. The lowest BCUT2D eigenvalue weighted by molar-refractivity contribution is 1.19. The fourth-order valence-corrected chi connectivity index (χ4v) is 21.8. The summed E-state index contributed by atoms with van der Waals surface area (Å²) in [6.07, 6.45) is 0. The van der Waals surface area contributed by atoms with Gasteiger partial charge < -0.3 is 18.9 Å². The Morgan fingerprint density at radius 3 is 0.835 bits per heavy atom. The molecule has 0 fully saturated rings. The van der Waals surface area contributed by atoms with Crippen molar-refractivity contribution in [2.75, 3.05) is 9.80 Å². The quantitative estimate of drug-likeness (QED) is 0.108. The number of rotatable bonds is 14. The molecule has 24 rings (SSSR count). The van der Waals surface area contributed by atoms with Gasteiger partial charge in [0.05, 0.1) is 22.1 Å². The maximum atomic E-state index is 2.48. The fraction of sp³-hybridized carbons (Fsp3) is 0. The number of hydrogen-bond acceptors (Lipinski definition) is 5. The van der Waals surface area contributed by atoms with Crippen LogP contribution >= 0.6 is 34.0 Å². The van der Waals surface area contributed by atoms with Crippen LogP contribution in [0.25, 0.3) is 182 Å². The molecule has 0 bridgehead atoms. The lowest BCUT2D eigenvalue weighted by Crippen LogP contribution is -2.09. The summed E-state index contributed by atoms with van der Waals surface area (Å²) in [5.41, 5.74) is 28.5. The van der Waals surface area contributed by atoms with Crippen molar-refractivity contribution in [3.63, 3.8) is 0 Å². The van der Waals surface area contributed by atoms with Crippen LogP contribution < -0.4 is 9.80 Å². The maximum Gasteiger partial charge on any atom is 0.0634 e. The van der Waals surface area contributed by atoms with E-state index in [9.17, 15) is 0 Å². The number of nitrogens with zero attached hydrogens (tertiary/aromatic N) is 4. The number of fused-ring (bicyclic) bond motifs is 17. The molecule has 568 valence electrons. The number of hydrogen-bond donors (Lipinski definition) is 0. The van der Waals surface area contributed by atoms with E-state index < -0.39 is 0 Å². The van der Waals surface area contributed by atoms with Gasteiger partial charge in [-0.3, -0.25) is 0 Å². The third-order valence-electron chi connectivity index (χ3n) is 24.0. The van der Waals surface area contributed by atoms with Crippen LogP contribution in [0, 0.1) is 0 Å². The van der Waals surface area contributed by atoms with Crippen LogP contribution in [0.2, 0.25) is 0 Å². The highest BCUT2D eigenvalue weighted by Gasteiger charge is 2.26. The second-order valence-electron chi connectivity index (χ2n) is 31.0. The minimum Gasteiger partial charge on any atom is -0.311 e. The van der Waals surface area contributed by atoms with Gasteiger partial charge >= 0.3 is 0 Å². The van der Waals surface area contributed by atoms with Gasteiger partial charge in [-0.15, -0.1) is 34.0 Å². The molecule has 0 radical (unpaired) electrons. The van der Waals surface area contributed by atoms with E-state index in [1.165, 1.54) is 177 Å². The molecule has 5 aromatic heterocycles. The molecule has 0 aliphatic rings. The number of anilines is 6. The monoisotopic (exact) mass is 1590 g/mol. The van der Waals surface area contributed by atoms with Gasteiger partial charge in [-0.05, 0) is 201 Å². The van der Waals surface area contributed by atoms with E-state index >= 15 is 0 Å². The Hall–Kier alpha value is -15.0. The first kappa shape index (κ1) is 71.4. The third-order valence-corrected chi connectivity index (χ3v) is 27.6. The summed E-state index contributed by atoms with van der Waals surface area (Å²) in [5, 5.41) is 12.8. The van der Waals surface area contributed by atoms with Crippen molar-refractivity contribution in [1.82, 2.24) is 9.13 Å². The Labute approximate surface area is 712 Å². The topological polar surface area (TPSA) is 16.3 Å². The van der Waals surface area contributed by atoms with Gasteiger partial charge in [-0.2, -0.15) is 0 Å². The molecule has 4 nitrogen and oxygen atoms in total. The van der Waals surface area contributed by atoms with Gasteiger partial charge in [0.15, 0.2) is 0 Å². The smallest absolute Gasteiger partial charge is 0.0634 e. The predicted octanol–water partition coefficient (Wildman–Crippen LogP) is 33.6. The SMILES string of the molecule is c1ccc(-c2ccc(N(c3ccc(-c4cc5c6ccccc6n(-c6ccccc6)c5c5c4sc4ccccc45)cc3)c3ccc4sc5ccccc5c4c3)cc2)cc1.c1ccc(-c2ccc(N(c3ccc(-c4ccccc4)cc3)c3ccc(-c4cc5c6ccccc6n(-c6ccc(-c7ccccc7)cc6)c5c5c4sc4ccccc45)cc3)cc2)cc1. The van der Waals surface area contributed by atoms with Gasteiger partial charge in [-0.25, -0.2) is 0 Å². The molecule has 0 saturated heterocycles. The molecule has 0 atom stereocenters. The Balaban J connectivity index is 0.000000141. The largest absolute Gasteiger partial charge is 0.311 e. The predicted molar refractivity (Wildman–Crippen MR) is 522 cm³/mol. The van der Waals surface area contributed by atoms with Gasteiger partial charge in [0.25, 0.3) is 0 Å². The molecule has 7 heteroatoms. The summed E-state index contributed by atoms with van der Waals surface area (Å²) in [7, 11) is 0. The molecule has 0 amide bonds. The number of para-hydroxylation sites is 3. The van der Waals surface area contributed by atoms with Gasteiger partial charge in [0, 0.05) is 139 Å². The Kier molecular flexibility index (Phi) is 17.8. The summed E-state index contributed by atoms with van der Waals surface area (Å²) >= 11 is 5.64. The second kappa shape index (κ2) is 30.2. The lowest BCUT2D eigenvalue weighted by Gasteiger charge is -2.26. The van der Waals surface area contributed by atoms with Crippen molar-refractivity contribution in [2.24, 2.45) is 0 Å². The molecule has 24 aromatic rings. The van der Waals surface area contributed by atoms with E-state index in [0.29, 0.717) is 0 Å². The molecule has 0 aliphatic heterocycles. The van der Waals surface area contributed by atoms with Crippen molar-refractivity contribution in [3.8, 4) is 78.1 Å². The number of aromatic nitrogens is 2. The van der Waals surface area contributed by atoms with Crippen molar-refractivity contribution < 1.29 is 0 Å². The van der Waals surface area contributed by atoms with Crippen LogP contribution in [0.15, 0.2) is 449 Å². The number of thiophene rings is 3. The van der Waals surface area contributed by atoms with Crippen LogP contribution in [0.1, 0.15) is 0 Å². The fourth-order valence-electron chi connectivity index (χ4n) is 18.3. The highest BCUT2D eigenvalue weighted by atomic mass is 32.1. The molecule has 19 aromatic carbocycles. The summed E-state index contributed by atoms with van der Waals surface area (Å²) in [6, 6.07) is 164. The molecular formula is C114H74N4S3. The Morgan fingerprint density at radius 2 is 0.446 bits per heavy atom. The van der Waals surface area contributed by atoms with Crippen LogP contribution in [0.4, 0.5) is 34.1 Å². The molecule has 0 saturated carbocycles. The molecule has 5 heterocycles. The molecule has 0 spiro atoms. The van der Waals surface area contributed by atoms with Crippen LogP contribution in [0.3, 0.4) is 0 Å². The molecule has 121 heavy (non-hydrogen) atoms.